The van der Waals surface area contributed by atoms with Crippen molar-refractivity contribution >= 4 is 49.4 Å². The van der Waals surface area contributed by atoms with E-state index in [0.717, 1.165) is 55.7 Å². The zero-order valence-corrected chi connectivity index (χ0v) is 27.4. The molecule has 1 N–H and O–H groups in total. The van der Waals surface area contributed by atoms with Gasteiger partial charge in [0.25, 0.3) is 0 Å². The van der Waals surface area contributed by atoms with Crippen molar-refractivity contribution in [3.63, 3.8) is 0 Å². The van der Waals surface area contributed by atoms with E-state index in [1.807, 2.05) is 0 Å². The van der Waals surface area contributed by atoms with E-state index < -0.39 is 23.3 Å². The van der Waals surface area contributed by atoms with Gasteiger partial charge < -0.3 is 14.4 Å². The number of rotatable bonds is 4. The summed E-state index contributed by atoms with van der Waals surface area (Å²) in [6.45, 7) is 9.14. The minimum Gasteiger partial charge on any atom is -0.444 e. The summed E-state index contributed by atoms with van der Waals surface area (Å²) in [6, 6.07) is 3.71. The van der Waals surface area contributed by atoms with E-state index in [1.165, 1.54) is 6.42 Å². The first-order valence-electron chi connectivity index (χ1n) is 15.8. The Morgan fingerprint density at radius 1 is 1.13 bits per heavy atom. The number of carbonyl (C=O) groups is 1. The molecule has 2 bridgehead atoms. The van der Waals surface area contributed by atoms with Gasteiger partial charge in [-0.1, -0.05) is 0 Å². The van der Waals surface area contributed by atoms with Crippen LogP contribution in [0, 0.1) is 23.0 Å². The molecule has 0 spiro atoms. The third kappa shape index (κ3) is 4.99. The predicted octanol–water partition coefficient (Wildman–Crippen LogP) is 5.40. The molecule has 1 amide bonds. The van der Waals surface area contributed by atoms with Gasteiger partial charge in [0.2, 0.25) is 5.95 Å². The van der Waals surface area contributed by atoms with Gasteiger partial charge in [0.05, 0.1) is 35.4 Å². The number of benzene rings is 1. The van der Waals surface area contributed by atoms with Gasteiger partial charge in [0, 0.05) is 66.8 Å². The lowest BCUT2D eigenvalue weighted by molar-refractivity contribution is -0.0623. The number of pyridine rings is 1. The summed E-state index contributed by atoms with van der Waals surface area (Å²) in [6.07, 6.45) is 4.14. The Hall–Kier alpha value is -4.03. The minimum atomic E-state index is -0.792. The first-order chi connectivity index (χ1) is 22.5. The number of ether oxygens (including phenoxy) is 2. The van der Waals surface area contributed by atoms with Gasteiger partial charge in [-0.2, -0.15) is 5.26 Å². The summed E-state index contributed by atoms with van der Waals surface area (Å²) in [4.78, 5) is 33.6. The lowest BCUT2D eigenvalue weighted by Crippen LogP contribution is -2.68. The number of likely N-dealkylation sites (N-methyl/N-ethyl adjacent to an activating group) is 1. The summed E-state index contributed by atoms with van der Waals surface area (Å²) in [5.74, 6) is -0.875. The predicted molar refractivity (Wildman–Crippen MR) is 173 cm³/mol. The summed E-state index contributed by atoms with van der Waals surface area (Å²) in [5.41, 5.74) is 0.785. The van der Waals surface area contributed by atoms with E-state index in [1.54, 1.807) is 27.0 Å². The molecule has 0 aliphatic carbocycles. The Kier molecular flexibility index (Phi) is 7.10. The fourth-order valence-corrected chi connectivity index (χ4v) is 8.54. The number of aromatic nitrogens is 3. The molecule has 244 valence electrons. The van der Waals surface area contributed by atoms with E-state index in [0.29, 0.717) is 35.0 Å². The van der Waals surface area contributed by atoms with E-state index >= 15 is 8.78 Å². The highest BCUT2D eigenvalue weighted by atomic mass is 32.1. The second-order valence-corrected chi connectivity index (χ2v) is 14.8. The number of thiophene rings is 1. The lowest BCUT2D eigenvalue weighted by Gasteiger charge is -2.56. The minimum absolute atomic E-state index is 0.0296. The maximum atomic E-state index is 16.9. The van der Waals surface area contributed by atoms with Gasteiger partial charge in [-0.05, 0) is 51.8 Å². The fourth-order valence-electron chi connectivity index (χ4n) is 7.50. The van der Waals surface area contributed by atoms with Crippen LogP contribution in [0.25, 0.3) is 32.2 Å². The van der Waals surface area contributed by atoms with Crippen LogP contribution in [0.2, 0.25) is 0 Å². The second kappa shape index (κ2) is 11.0. The van der Waals surface area contributed by atoms with Crippen LogP contribution in [-0.2, 0) is 22.7 Å². The largest absolute Gasteiger partial charge is 0.444 e. The Morgan fingerprint density at radius 3 is 2.62 bits per heavy atom. The SMILES string of the molecule is CN1C2CC1CN([C@@H]1CCN(c3ncc4c5c(c(-c6ncc(F)c7sc(NC(=O)OC(C)(C)C)c(C#N)c67)c(F)c4n3)COC5)C1)C2. The molecule has 3 atom stereocenters. The number of nitriles is 1. The molecule has 2 unspecified atom stereocenters. The quantitative estimate of drug-likeness (QED) is 0.305. The molecular formula is C33H34F2N8O3S. The molecule has 47 heavy (non-hydrogen) atoms. The van der Waals surface area contributed by atoms with E-state index in [-0.39, 0.29) is 50.6 Å². The number of nitrogens with zero attached hydrogens (tertiary/aromatic N) is 7. The summed E-state index contributed by atoms with van der Waals surface area (Å²) >= 11 is 0.873. The highest BCUT2D eigenvalue weighted by molar-refractivity contribution is 7.23. The molecule has 14 heteroatoms. The number of nitrogens with one attached hydrogen (secondary N) is 1. The molecule has 0 saturated carbocycles. The van der Waals surface area contributed by atoms with Crippen LogP contribution < -0.4 is 10.2 Å². The summed E-state index contributed by atoms with van der Waals surface area (Å²) in [7, 11) is 2.20. The average Bonchev–Trinajstić information content (AvgIpc) is 3.80. The zero-order valence-electron chi connectivity index (χ0n) is 26.6. The smallest absolute Gasteiger partial charge is 0.412 e. The van der Waals surface area contributed by atoms with Crippen molar-refractivity contribution in [2.24, 2.45) is 0 Å². The van der Waals surface area contributed by atoms with Crippen LogP contribution in [0.3, 0.4) is 0 Å². The highest BCUT2D eigenvalue weighted by Gasteiger charge is 2.45. The van der Waals surface area contributed by atoms with Crippen LogP contribution >= 0.6 is 11.3 Å². The van der Waals surface area contributed by atoms with Crippen molar-refractivity contribution in [1.29, 1.82) is 5.26 Å². The molecule has 4 fully saturated rings. The zero-order chi connectivity index (χ0) is 32.8. The van der Waals surface area contributed by atoms with Gasteiger partial charge in [0.1, 0.15) is 22.2 Å². The van der Waals surface area contributed by atoms with Crippen LogP contribution in [0.5, 0.6) is 0 Å². The average molecular weight is 661 g/mol. The number of fused-ring (bicyclic) bond motifs is 6. The maximum absolute atomic E-state index is 16.9. The van der Waals surface area contributed by atoms with Crippen molar-refractivity contribution in [3.8, 4) is 17.3 Å². The lowest BCUT2D eigenvalue weighted by atomic mass is 9.87. The Morgan fingerprint density at radius 2 is 1.89 bits per heavy atom. The van der Waals surface area contributed by atoms with Crippen LogP contribution in [-0.4, -0.2) is 87.8 Å². The van der Waals surface area contributed by atoms with Crippen LogP contribution in [0.4, 0.5) is 24.5 Å². The van der Waals surface area contributed by atoms with Gasteiger partial charge in [0.15, 0.2) is 11.6 Å². The fraction of sp³-hybridized carbons (Fsp3) is 0.485. The molecule has 9 rings (SSSR count). The normalized spacial score (nSPS) is 22.8. The van der Waals surface area contributed by atoms with Crippen molar-refractivity contribution in [2.45, 2.75) is 70.6 Å². The van der Waals surface area contributed by atoms with Crippen LogP contribution in [0.1, 0.15) is 50.3 Å². The number of amides is 1. The Labute approximate surface area is 274 Å². The molecule has 3 aromatic heterocycles. The van der Waals surface area contributed by atoms with E-state index in [2.05, 4.69) is 43.1 Å². The monoisotopic (exact) mass is 660 g/mol. The van der Waals surface area contributed by atoms with Crippen molar-refractivity contribution in [1.82, 2.24) is 24.8 Å². The molecule has 11 nitrogen and oxygen atoms in total. The van der Waals surface area contributed by atoms with Crippen molar-refractivity contribution < 1.29 is 23.0 Å². The third-order valence-electron chi connectivity index (χ3n) is 9.87. The molecule has 0 radical (unpaired) electrons. The molecule has 1 aromatic carbocycles. The molecular weight excluding hydrogens is 626 g/mol. The topological polar surface area (TPSA) is 120 Å². The molecule has 5 aliphatic rings. The van der Waals surface area contributed by atoms with Gasteiger partial charge in [-0.15, -0.1) is 11.3 Å². The van der Waals surface area contributed by atoms with E-state index in [9.17, 15) is 10.1 Å². The second-order valence-electron chi connectivity index (χ2n) is 13.8. The molecule has 4 aromatic rings. The Balaban J connectivity index is 1.19. The molecule has 5 aliphatic heterocycles. The summed E-state index contributed by atoms with van der Waals surface area (Å²) < 4.78 is 43.4. The third-order valence-corrected chi connectivity index (χ3v) is 11.0. The number of halogens is 2. The molecule has 8 heterocycles. The number of hydrogen-bond acceptors (Lipinski definition) is 11. The van der Waals surface area contributed by atoms with Gasteiger partial charge >= 0.3 is 6.09 Å². The maximum Gasteiger partial charge on any atom is 0.412 e. The standard InChI is InChI=1S/C33H34F2N8O3S/c1-33(2,3)46-32(44)40-30-19(8-36)25-28(37-10-23(34)29(25)47-30)24-22-15-45-14-21(22)20-9-38-31(39-27(20)26(24)35)42-6-5-16(11-42)43-12-17-7-18(13-43)41(17)4/h9-10,16-18H,5-7,11-15H2,1-4H3,(H,40,44)/t16-,17?,18?/m1/s1. The van der Waals surface area contributed by atoms with Gasteiger partial charge in [-0.25, -0.2) is 23.5 Å². The summed E-state index contributed by atoms with van der Waals surface area (Å²) in [5, 5.41) is 13.5. The highest BCUT2D eigenvalue weighted by Crippen LogP contribution is 2.46. The number of piperazine rings is 1. The first kappa shape index (κ1) is 30.3. The van der Waals surface area contributed by atoms with Gasteiger partial charge in [-0.3, -0.25) is 20.1 Å². The Bertz CT molecular complexity index is 1990. The van der Waals surface area contributed by atoms with Crippen LogP contribution in [0.15, 0.2) is 12.4 Å². The van der Waals surface area contributed by atoms with E-state index in [4.69, 9.17) is 14.5 Å². The number of piperidine rings is 1. The van der Waals surface area contributed by atoms with Crippen molar-refractivity contribution in [3.05, 3.63) is 40.7 Å². The molecule has 4 saturated heterocycles. The number of hydrogen-bond donors (Lipinski definition) is 1. The number of carbonyl (C=O) groups excluding carboxylic acids is 1. The number of anilines is 2. The van der Waals surface area contributed by atoms with Crippen molar-refractivity contribution in [2.75, 3.05) is 43.4 Å². The first-order valence-corrected chi connectivity index (χ1v) is 16.6.